The molecule has 80 valence electrons. The van der Waals surface area contributed by atoms with Gasteiger partial charge >= 0.3 is 0 Å². The standard InChI is InChI=1S/C13H17NO/c1-3-8-11(4-2)13(15)14-12-9-6-5-7-10-12/h5-10H,3-4H2,1-2H3,(H,14,15)/b11-8+. The summed E-state index contributed by atoms with van der Waals surface area (Å²) in [6, 6.07) is 9.52. The molecule has 0 radical (unpaired) electrons. The molecular weight excluding hydrogens is 186 g/mol. The van der Waals surface area contributed by atoms with Gasteiger partial charge < -0.3 is 5.32 Å². The van der Waals surface area contributed by atoms with Gasteiger partial charge in [-0.2, -0.15) is 0 Å². The van der Waals surface area contributed by atoms with Crippen LogP contribution in [0.3, 0.4) is 0 Å². The number of carbonyl (C=O) groups excluding carboxylic acids is 1. The van der Waals surface area contributed by atoms with Gasteiger partial charge in [-0.15, -0.1) is 0 Å². The first kappa shape index (κ1) is 11.5. The Morgan fingerprint density at radius 3 is 2.47 bits per heavy atom. The minimum atomic E-state index is 0.00514. The van der Waals surface area contributed by atoms with E-state index in [2.05, 4.69) is 5.32 Å². The molecule has 0 spiro atoms. The number of allylic oxidation sites excluding steroid dienone is 1. The van der Waals surface area contributed by atoms with Crippen LogP contribution in [-0.2, 0) is 4.79 Å². The van der Waals surface area contributed by atoms with E-state index in [-0.39, 0.29) is 5.91 Å². The fourth-order valence-electron chi connectivity index (χ4n) is 1.38. The molecule has 0 heterocycles. The minimum absolute atomic E-state index is 0.00514. The number of hydrogen-bond donors (Lipinski definition) is 1. The molecule has 0 aliphatic carbocycles. The zero-order chi connectivity index (χ0) is 11.1. The van der Waals surface area contributed by atoms with E-state index < -0.39 is 0 Å². The number of hydrogen-bond acceptors (Lipinski definition) is 1. The lowest BCUT2D eigenvalue weighted by atomic mass is 10.1. The molecule has 0 atom stereocenters. The molecule has 0 bridgehead atoms. The van der Waals surface area contributed by atoms with Crippen LogP contribution in [0.4, 0.5) is 5.69 Å². The van der Waals surface area contributed by atoms with E-state index in [0.29, 0.717) is 0 Å². The summed E-state index contributed by atoms with van der Waals surface area (Å²) in [6.07, 6.45) is 3.64. The summed E-state index contributed by atoms with van der Waals surface area (Å²) in [7, 11) is 0. The van der Waals surface area contributed by atoms with Crippen molar-refractivity contribution in [2.75, 3.05) is 5.32 Å². The Morgan fingerprint density at radius 1 is 1.27 bits per heavy atom. The number of amides is 1. The summed E-state index contributed by atoms with van der Waals surface area (Å²) in [5.74, 6) is 0.00514. The number of anilines is 1. The van der Waals surface area contributed by atoms with Crippen molar-refractivity contribution in [2.24, 2.45) is 0 Å². The molecule has 0 saturated carbocycles. The van der Waals surface area contributed by atoms with Gasteiger partial charge in [0.1, 0.15) is 0 Å². The SMILES string of the molecule is CC/C=C(\CC)C(=O)Nc1ccccc1. The van der Waals surface area contributed by atoms with E-state index in [1.807, 2.05) is 50.3 Å². The van der Waals surface area contributed by atoms with Gasteiger partial charge in [0, 0.05) is 11.3 Å². The average Bonchev–Trinajstić information content (AvgIpc) is 2.27. The molecule has 0 saturated heterocycles. The second-order valence-corrected chi connectivity index (χ2v) is 3.31. The smallest absolute Gasteiger partial charge is 0.251 e. The Hall–Kier alpha value is -1.57. The largest absolute Gasteiger partial charge is 0.322 e. The highest BCUT2D eigenvalue weighted by Gasteiger charge is 2.06. The van der Waals surface area contributed by atoms with Gasteiger partial charge in [-0.3, -0.25) is 4.79 Å². The minimum Gasteiger partial charge on any atom is -0.322 e. The fourth-order valence-corrected chi connectivity index (χ4v) is 1.38. The van der Waals surface area contributed by atoms with E-state index in [9.17, 15) is 4.79 Å². The maximum Gasteiger partial charge on any atom is 0.251 e. The second-order valence-electron chi connectivity index (χ2n) is 3.31. The highest BCUT2D eigenvalue weighted by molar-refractivity contribution is 6.03. The van der Waals surface area contributed by atoms with Gasteiger partial charge in [0.25, 0.3) is 5.91 Å². The lowest BCUT2D eigenvalue weighted by molar-refractivity contribution is -0.113. The van der Waals surface area contributed by atoms with Crippen LogP contribution in [0.2, 0.25) is 0 Å². The van der Waals surface area contributed by atoms with E-state index in [0.717, 1.165) is 24.1 Å². The van der Waals surface area contributed by atoms with Crippen LogP contribution in [-0.4, -0.2) is 5.91 Å². The predicted molar refractivity (Wildman–Crippen MR) is 63.7 cm³/mol. The summed E-state index contributed by atoms with van der Waals surface area (Å²) in [4.78, 5) is 11.8. The summed E-state index contributed by atoms with van der Waals surface area (Å²) < 4.78 is 0. The van der Waals surface area contributed by atoms with E-state index >= 15 is 0 Å². The fraction of sp³-hybridized carbons (Fsp3) is 0.308. The molecule has 1 aromatic carbocycles. The van der Waals surface area contributed by atoms with Gasteiger partial charge in [-0.1, -0.05) is 38.1 Å². The third kappa shape index (κ3) is 3.58. The highest BCUT2D eigenvalue weighted by Crippen LogP contribution is 2.09. The highest BCUT2D eigenvalue weighted by atomic mass is 16.1. The maximum absolute atomic E-state index is 11.8. The Labute approximate surface area is 91.0 Å². The van der Waals surface area contributed by atoms with E-state index in [1.54, 1.807) is 0 Å². The van der Waals surface area contributed by atoms with Gasteiger partial charge in [0.15, 0.2) is 0 Å². The number of nitrogens with one attached hydrogen (secondary N) is 1. The molecular formula is C13H17NO. The Morgan fingerprint density at radius 2 is 1.93 bits per heavy atom. The first-order valence-corrected chi connectivity index (χ1v) is 5.33. The molecule has 1 amide bonds. The Bertz CT molecular complexity index is 341. The van der Waals surface area contributed by atoms with E-state index in [4.69, 9.17) is 0 Å². The van der Waals surface area contributed by atoms with Gasteiger partial charge in [0.05, 0.1) is 0 Å². The Balaban J connectivity index is 2.67. The molecule has 2 heteroatoms. The van der Waals surface area contributed by atoms with Crippen molar-refractivity contribution in [2.45, 2.75) is 26.7 Å². The zero-order valence-electron chi connectivity index (χ0n) is 9.29. The third-order valence-electron chi connectivity index (χ3n) is 2.15. The Kier molecular flexibility index (Phi) is 4.61. The topological polar surface area (TPSA) is 29.1 Å². The van der Waals surface area contributed by atoms with Crippen molar-refractivity contribution < 1.29 is 4.79 Å². The summed E-state index contributed by atoms with van der Waals surface area (Å²) in [6.45, 7) is 4.03. The van der Waals surface area contributed by atoms with Gasteiger partial charge in [0.2, 0.25) is 0 Å². The van der Waals surface area contributed by atoms with Crippen molar-refractivity contribution in [3.63, 3.8) is 0 Å². The molecule has 15 heavy (non-hydrogen) atoms. The van der Waals surface area contributed by atoms with Crippen molar-refractivity contribution >= 4 is 11.6 Å². The lowest BCUT2D eigenvalue weighted by Gasteiger charge is -2.06. The molecule has 0 unspecified atom stereocenters. The van der Waals surface area contributed by atoms with Crippen molar-refractivity contribution in [1.82, 2.24) is 0 Å². The maximum atomic E-state index is 11.8. The molecule has 0 aromatic heterocycles. The first-order valence-electron chi connectivity index (χ1n) is 5.33. The van der Waals surface area contributed by atoms with Crippen LogP contribution in [0.15, 0.2) is 42.0 Å². The zero-order valence-corrected chi connectivity index (χ0v) is 9.29. The summed E-state index contributed by atoms with van der Waals surface area (Å²) in [5, 5.41) is 2.87. The monoisotopic (exact) mass is 203 g/mol. The number of para-hydroxylation sites is 1. The van der Waals surface area contributed by atoms with Crippen molar-refractivity contribution in [1.29, 1.82) is 0 Å². The normalized spacial score (nSPS) is 11.2. The van der Waals surface area contributed by atoms with Crippen LogP contribution >= 0.6 is 0 Å². The quantitative estimate of drug-likeness (QED) is 0.747. The molecule has 1 N–H and O–H groups in total. The lowest BCUT2D eigenvalue weighted by Crippen LogP contribution is -2.13. The molecule has 0 fully saturated rings. The average molecular weight is 203 g/mol. The molecule has 0 aliphatic rings. The van der Waals surface area contributed by atoms with Crippen LogP contribution in [0, 0.1) is 0 Å². The van der Waals surface area contributed by atoms with Gasteiger partial charge in [-0.25, -0.2) is 0 Å². The third-order valence-corrected chi connectivity index (χ3v) is 2.15. The first-order chi connectivity index (χ1) is 7.27. The van der Waals surface area contributed by atoms with Crippen molar-refractivity contribution in [3.05, 3.63) is 42.0 Å². The summed E-state index contributed by atoms with van der Waals surface area (Å²) >= 11 is 0. The molecule has 1 rings (SSSR count). The van der Waals surface area contributed by atoms with Crippen LogP contribution in [0.5, 0.6) is 0 Å². The van der Waals surface area contributed by atoms with E-state index in [1.165, 1.54) is 0 Å². The number of benzene rings is 1. The number of rotatable bonds is 4. The predicted octanol–water partition coefficient (Wildman–Crippen LogP) is 3.37. The molecule has 0 aliphatic heterocycles. The van der Waals surface area contributed by atoms with Crippen LogP contribution < -0.4 is 5.32 Å². The van der Waals surface area contributed by atoms with Crippen LogP contribution in [0.25, 0.3) is 0 Å². The van der Waals surface area contributed by atoms with Gasteiger partial charge in [-0.05, 0) is 25.0 Å². The molecule has 1 aromatic rings. The number of carbonyl (C=O) groups is 1. The van der Waals surface area contributed by atoms with Crippen LogP contribution in [0.1, 0.15) is 26.7 Å². The second kappa shape index (κ2) is 6.02. The van der Waals surface area contributed by atoms with Crippen molar-refractivity contribution in [3.8, 4) is 0 Å². The molecule has 2 nitrogen and oxygen atoms in total. The summed E-state index contributed by atoms with van der Waals surface area (Å²) in [5.41, 5.74) is 1.69.